The average Bonchev–Trinajstić information content (AvgIpc) is 2.61. The Hall–Kier alpha value is -1.94. The maximum absolute atomic E-state index is 14.1. The van der Waals surface area contributed by atoms with Crippen molar-refractivity contribution in [1.29, 1.82) is 0 Å². The predicted octanol–water partition coefficient (Wildman–Crippen LogP) is 5.35. The Kier molecular flexibility index (Phi) is 8.84. The van der Waals surface area contributed by atoms with Crippen molar-refractivity contribution in [2.75, 3.05) is 5.32 Å². The van der Waals surface area contributed by atoms with Gasteiger partial charge in [-0.05, 0) is 66.6 Å². The minimum Gasteiger partial charge on any atom is -0.386 e. The number of urea groups is 1. The molecule has 0 aliphatic carbocycles. The fourth-order valence-electron chi connectivity index (χ4n) is 3.07. The van der Waals surface area contributed by atoms with Crippen LogP contribution in [0.1, 0.15) is 70.1 Å². The summed E-state index contributed by atoms with van der Waals surface area (Å²) < 4.78 is 30.7. The van der Waals surface area contributed by atoms with E-state index in [1.165, 1.54) is 24.3 Å². The van der Waals surface area contributed by atoms with Crippen LogP contribution in [0.3, 0.4) is 0 Å². The smallest absolute Gasteiger partial charge is 0.354 e. The van der Waals surface area contributed by atoms with Gasteiger partial charge in [0, 0.05) is 5.69 Å². The molecule has 2 amide bonds. The molecule has 9 heteroatoms. The van der Waals surface area contributed by atoms with Crippen LogP contribution in [-0.4, -0.2) is 15.3 Å². The third-order valence-electron chi connectivity index (χ3n) is 4.74. The summed E-state index contributed by atoms with van der Waals surface area (Å²) >= 11 is 0. The van der Waals surface area contributed by atoms with Crippen LogP contribution >= 0.6 is 13.5 Å². The molecule has 0 spiro atoms. The van der Waals surface area contributed by atoms with Crippen molar-refractivity contribution in [2.24, 2.45) is 9.50 Å². The summed E-state index contributed by atoms with van der Waals surface area (Å²) in [7, 11) is -3.56. The Morgan fingerprint density at radius 2 is 1.65 bits per heavy atom. The number of nitrogens with one attached hydrogen (secondary N) is 1. The van der Waals surface area contributed by atoms with Gasteiger partial charge in [0.15, 0.2) is 0 Å². The predicted molar refractivity (Wildman–Crippen MR) is 129 cm³/mol. The first-order valence-electron chi connectivity index (χ1n) is 9.74. The van der Waals surface area contributed by atoms with E-state index in [0.29, 0.717) is 22.4 Å². The number of carbonyl (C=O) groups is 1. The lowest BCUT2D eigenvalue weighted by Crippen LogP contribution is -2.21. The number of nitrogens with two attached hydrogens (primary N) is 1. The Bertz CT molecular complexity index is 1040. The highest BCUT2D eigenvalue weighted by Crippen LogP contribution is 2.34. The lowest BCUT2D eigenvalue weighted by molar-refractivity contribution is 0.0784. The second-order valence-corrected chi connectivity index (χ2v) is 10.2. The van der Waals surface area contributed by atoms with Gasteiger partial charge in [0.25, 0.3) is 0 Å². The van der Waals surface area contributed by atoms with Gasteiger partial charge in [0.1, 0.15) is 15.7 Å². The maximum Gasteiger partial charge on any atom is 0.354 e. The molecule has 0 aromatic heterocycles. The molecule has 1 atom stereocenters. The molecular weight excluding hydrogens is 437 g/mol. The third-order valence-corrected chi connectivity index (χ3v) is 6.10. The quantitative estimate of drug-likeness (QED) is 0.550. The molecule has 1 unspecified atom stereocenters. The van der Waals surface area contributed by atoms with Crippen molar-refractivity contribution in [3.8, 4) is 0 Å². The van der Waals surface area contributed by atoms with Gasteiger partial charge < -0.3 is 10.4 Å². The van der Waals surface area contributed by atoms with Gasteiger partial charge in [-0.1, -0.05) is 39.8 Å². The van der Waals surface area contributed by atoms with E-state index in [1.54, 1.807) is 26.0 Å². The number of benzene rings is 2. The molecule has 2 aromatic carbocycles. The summed E-state index contributed by atoms with van der Waals surface area (Å²) in [5.41, 5.74) is 1.02. The van der Waals surface area contributed by atoms with Gasteiger partial charge in [0.2, 0.25) is 0 Å². The van der Waals surface area contributed by atoms with Crippen molar-refractivity contribution in [3.63, 3.8) is 0 Å². The minimum atomic E-state index is -3.56. The first-order valence-corrected chi connectivity index (χ1v) is 11.3. The van der Waals surface area contributed by atoms with Gasteiger partial charge in [-0.3, -0.25) is 0 Å². The van der Waals surface area contributed by atoms with Gasteiger partial charge in [0.05, 0.1) is 10.5 Å². The number of amides is 2. The molecule has 0 fully saturated rings. The molecule has 0 bridgehead atoms. The number of hydrogen-bond donors (Lipinski definition) is 3. The van der Waals surface area contributed by atoms with E-state index >= 15 is 0 Å². The number of aliphatic hydroxyl groups is 1. The zero-order valence-electron chi connectivity index (χ0n) is 18.7. The monoisotopic (exact) mass is 469 g/mol. The number of carbonyl (C=O) groups excluding carboxylic acids is 1. The van der Waals surface area contributed by atoms with Gasteiger partial charge >= 0.3 is 6.03 Å². The Labute approximate surface area is 191 Å². The molecule has 0 aliphatic rings. The summed E-state index contributed by atoms with van der Waals surface area (Å²) in [6.45, 7) is 10.7. The van der Waals surface area contributed by atoms with Crippen LogP contribution in [0.4, 0.5) is 14.9 Å². The largest absolute Gasteiger partial charge is 0.386 e. The standard InChI is InChI=1S/C22H30FN3O3S.H2S/c1-13(2)18-11-16(23)12-19(14(3)4)20(18)25-21(27)26-30(24,29)17-9-7-8-15(10-17)22(5,6)28;/h7-14,28H,1-6H3,(H3,24,25,26,27,29);1H2. The van der Waals surface area contributed by atoms with Gasteiger partial charge in [-0.2, -0.15) is 13.5 Å². The van der Waals surface area contributed by atoms with Crippen LogP contribution in [0.25, 0.3) is 0 Å². The molecule has 0 aliphatic heterocycles. The van der Waals surface area contributed by atoms with Crippen LogP contribution in [0, 0.1) is 5.82 Å². The van der Waals surface area contributed by atoms with Crippen molar-refractivity contribution in [1.82, 2.24) is 0 Å². The molecule has 0 saturated heterocycles. The average molecular weight is 470 g/mol. The van der Waals surface area contributed by atoms with E-state index in [-0.39, 0.29) is 36.0 Å². The Balaban J connectivity index is 0.00000480. The highest BCUT2D eigenvalue weighted by Gasteiger charge is 2.21. The lowest BCUT2D eigenvalue weighted by Gasteiger charge is -2.20. The zero-order chi connectivity index (χ0) is 22.9. The van der Waals surface area contributed by atoms with E-state index in [1.807, 2.05) is 27.7 Å². The summed E-state index contributed by atoms with van der Waals surface area (Å²) in [5, 5.41) is 18.7. The Morgan fingerprint density at radius 1 is 1.13 bits per heavy atom. The zero-order valence-corrected chi connectivity index (χ0v) is 20.5. The van der Waals surface area contributed by atoms with Crippen molar-refractivity contribution < 1.29 is 18.5 Å². The SMILES string of the molecule is CC(C)c1cc(F)cc(C(C)C)c1NC(=O)N=S(N)(=O)c1cccc(C(C)(C)O)c1.S. The molecule has 4 N–H and O–H groups in total. The summed E-state index contributed by atoms with van der Waals surface area (Å²) in [4.78, 5) is 12.8. The van der Waals surface area contributed by atoms with Crippen molar-refractivity contribution in [3.05, 3.63) is 58.9 Å². The Morgan fingerprint density at radius 3 is 2.10 bits per heavy atom. The van der Waals surface area contributed by atoms with Crippen molar-refractivity contribution in [2.45, 2.75) is 63.9 Å². The number of anilines is 1. The molecule has 31 heavy (non-hydrogen) atoms. The number of rotatable bonds is 5. The van der Waals surface area contributed by atoms with Gasteiger partial charge in [-0.25, -0.2) is 18.5 Å². The van der Waals surface area contributed by atoms with E-state index in [2.05, 4.69) is 9.68 Å². The highest BCUT2D eigenvalue weighted by atomic mass is 32.2. The summed E-state index contributed by atoms with van der Waals surface area (Å²) in [5.74, 6) is -0.498. The molecule has 6 nitrogen and oxygen atoms in total. The van der Waals surface area contributed by atoms with Crippen LogP contribution in [0.2, 0.25) is 0 Å². The van der Waals surface area contributed by atoms with Crippen LogP contribution in [0.5, 0.6) is 0 Å². The topological polar surface area (TPSA) is 105 Å². The molecular formula is C22H32FN3O3S2. The number of hydrogen-bond acceptors (Lipinski definition) is 3. The highest BCUT2D eigenvalue weighted by molar-refractivity contribution is 7.91. The van der Waals surface area contributed by atoms with Crippen LogP contribution in [-0.2, 0) is 15.5 Å². The molecule has 0 heterocycles. The van der Waals surface area contributed by atoms with E-state index in [4.69, 9.17) is 5.14 Å². The van der Waals surface area contributed by atoms with Gasteiger partial charge in [-0.15, -0.1) is 4.36 Å². The first kappa shape index (κ1) is 27.1. The molecule has 0 radical (unpaired) electrons. The second-order valence-electron chi connectivity index (χ2n) is 8.45. The van der Waals surface area contributed by atoms with E-state index in [9.17, 15) is 18.5 Å². The third kappa shape index (κ3) is 6.77. The lowest BCUT2D eigenvalue weighted by atomic mass is 9.92. The van der Waals surface area contributed by atoms with E-state index < -0.39 is 21.5 Å². The summed E-state index contributed by atoms with van der Waals surface area (Å²) in [6.07, 6.45) is 0. The number of halogens is 1. The molecule has 2 aromatic rings. The minimum absolute atomic E-state index is 0. The van der Waals surface area contributed by atoms with E-state index in [0.717, 1.165) is 0 Å². The van der Waals surface area contributed by atoms with Crippen molar-refractivity contribution >= 4 is 35.1 Å². The summed E-state index contributed by atoms with van der Waals surface area (Å²) in [6, 6.07) is 8.09. The molecule has 2 rings (SSSR count). The van der Waals surface area contributed by atoms with Crippen LogP contribution in [0.15, 0.2) is 45.7 Å². The normalized spacial score (nSPS) is 13.5. The molecule has 0 saturated carbocycles. The fraction of sp³-hybridized carbons (Fsp3) is 0.409. The number of nitrogens with zero attached hydrogens (tertiary/aromatic N) is 1. The second kappa shape index (κ2) is 10.1. The fourth-order valence-corrected chi connectivity index (χ4v) is 4.04. The molecule has 172 valence electrons. The maximum atomic E-state index is 14.1. The first-order chi connectivity index (χ1) is 13.7. The van der Waals surface area contributed by atoms with Crippen LogP contribution < -0.4 is 10.5 Å².